The van der Waals surface area contributed by atoms with Crippen LogP contribution in [0.25, 0.3) is 0 Å². The largest absolute Gasteiger partial charge is 0.329 e. The van der Waals surface area contributed by atoms with Gasteiger partial charge in [0.05, 0.1) is 0 Å². The summed E-state index contributed by atoms with van der Waals surface area (Å²) in [7, 11) is 0. The number of benzene rings is 1. The van der Waals surface area contributed by atoms with Gasteiger partial charge in [0.25, 0.3) is 0 Å². The molecule has 0 heterocycles. The summed E-state index contributed by atoms with van der Waals surface area (Å²) in [6.45, 7) is 8.57. The fourth-order valence-electron chi connectivity index (χ4n) is 2.75. The lowest BCUT2D eigenvalue weighted by Gasteiger charge is -2.32. The van der Waals surface area contributed by atoms with Gasteiger partial charge >= 0.3 is 0 Å². The van der Waals surface area contributed by atoms with Crippen molar-refractivity contribution in [2.24, 2.45) is 11.7 Å². The topological polar surface area (TPSA) is 29.3 Å². The predicted octanol–water partition coefficient (Wildman–Crippen LogP) is 4.27. The maximum atomic E-state index is 6.12. The van der Waals surface area contributed by atoms with E-state index in [2.05, 4.69) is 59.8 Å². The molecule has 20 heavy (non-hydrogen) atoms. The van der Waals surface area contributed by atoms with Crippen molar-refractivity contribution in [3.63, 3.8) is 0 Å². The van der Waals surface area contributed by atoms with Crippen molar-refractivity contribution in [1.82, 2.24) is 4.90 Å². The van der Waals surface area contributed by atoms with Crippen molar-refractivity contribution in [1.29, 1.82) is 0 Å². The molecule has 0 spiro atoms. The Morgan fingerprint density at radius 1 is 1.35 bits per heavy atom. The molecule has 1 fully saturated rings. The maximum absolute atomic E-state index is 6.12. The van der Waals surface area contributed by atoms with Crippen molar-refractivity contribution in [2.45, 2.75) is 52.1 Å². The SMILES string of the molecule is Cc1ccc(C(CN)N(CCC(C)C)C2CC2)c(Br)c1. The van der Waals surface area contributed by atoms with E-state index in [0.29, 0.717) is 12.6 Å². The van der Waals surface area contributed by atoms with Crippen LogP contribution < -0.4 is 5.73 Å². The number of rotatable bonds is 7. The highest BCUT2D eigenvalue weighted by Crippen LogP contribution is 2.37. The predicted molar refractivity (Wildman–Crippen MR) is 89.9 cm³/mol. The molecule has 0 bridgehead atoms. The monoisotopic (exact) mass is 338 g/mol. The van der Waals surface area contributed by atoms with Crippen LogP contribution in [0, 0.1) is 12.8 Å². The Balaban J connectivity index is 2.18. The molecule has 2 N–H and O–H groups in total. The van der Waals surface area contributed by atoms with Crippen LogP contribution in [0.2, 0.25) is 0 Å². The van der Waals surface area contributed by atoms with Crippen LogP contribution in [0.5, 0.6) is 0 Å². The van der Waals surface area contributed by atoms with E-state index in [1.807, 2.05) is 0 Å². The minimum absolute atomic E-state index is 0.344. The van der Waals surface area contributed by atoms with E-state index in [1.165, 1.54) is 34.9 Å². The highest BCUT2D eigenvalue weighted by Gasteiger charge is 2.34. The number of hydrogen-bond acceptors (Lipinski definition) is 2. The van der Waals surface area contributed by atoms with Gasteiger partial charge in [-0.15, -0.1) is 0 Å². The number of nitrogens with two attached hydrogens (primary N) is 1. The first-order valence-corrected chi connectivity index (χ1v) is 8.54. The summed E-state index contributed by atoms with van der Waals surface area (Å²) in [6, 6.07) is 7.72. The van der Waals surface area contributed by atoms with Crippen molar-refractivity contribution in [3.05, 3.63) is 33.8 Å². The van der Waals surface area contributed by atoms with Gasteiger partial charge in [-0.25, -0.2) is 0 Å². The van der Waals surface area contributed by atoms with Gasteiger partial charge < -0.3 is 5.73 Å². The second kappa shape index (κ2) is 7.06. The van der Waals surface area contributed by atoms with Crippen LogP contribution in [0.3, 0.4) is 0 Å². The first-order valence-electron chi connectivity index (χ1n) is 7.74. The van der Waals surface area contributed by atoms with E-state index in [0.717, 1.165) is 18.5 Å². The Kier molecular flexibility index (Phi) is 5.65. The molecule has 1 aliphatic rings. The van der Waals surface area contributed by atoms with E-state index in [4.69, 9.17) is 5.73 Å². The molecule has 1 saturated carbocycles. The molecule has 1 aliphatic carbocycles. The molecule has 1 aromatic carbocycles. The number of halogens is 1. The highest BCUT2D eigenvalue weighted by atomic mass is 79.9. The second-order valence-electron chi connectivity index (χ2n) is 6.43. The van der Waals surface area contributed by atoms with Crippen LogP contribution in [-0.2, 0) is 0 Å². The molecule has 2 rings (SSSR count). The van der Waals surface area contributed by atoms with Gasteiger partial charge in [-0.3, -0.25) is 4.90 Å². The van der Waals surface area contributed by atoms with Gasteiger partial charge in [0.15, 0.2) is 0 Å². The Morgan fingerprint density at radius 2 is 2.05 bits per heavy atom. The van der Waals surface area contributed by atoms with Crippen molar-refractivity contribution < 1.29 is 0 Å². The lowest BCUT2D eigenvalue weighted by atomic mass is 10.0. The van der Waals surface area contributed by atoms with Crippen molar-refractivity contribution in [3.8, 4) is 0 Å². The summed E-state index contributed by atoms with van der Waals surface area (Å²) in [5, 5.41) is 0. The minimum atomic E-state index is 0.344. The van der Waals surface area contributed by atoms with E-state index >= 15 is 0 Å². The fourth-order valence-corrected chi connectivity index (χ4v) is 3.51. The Labute approximate surface area is 131 Å². The molecule has 112 valence electrons. The van der Waals surface area contributed by atoms with Gasteiger partial charge in [0, 0.05) is 23.1 Å². The fraction of sp³-hybridized carbons (Fsp3) is 0.647. The number of nitrogens with zero attached hydrogens (tertiary/aromatic N) is 1. The van der Waals surface area contributed by atoms with Crippen molar-refractivity contribution >= 4 is 15.9 Å². The van der Waals surface area contributed by atoms with Crippen molar-refractivity contribution in [2.75, 3.05) is 13.1 Å². The smallest absolute Gasteiger partial charge is 0.0484 e. The van der Waals surface area contributed by atoms with Gasteiger partial charge in [-0.2, -0.15) is 0 Å². The minimum Gasteiger partial charge on any atom is -0.329 e. The van der Waals surface area contributed by atoms with E-state index in [-0.39, 0.29) is 0 Å². The van der Waals surface area contributed by atoms with Crippen LogP contribution in [0.15, 0.2) is 22.7 Å². The molecular weight excluding hydrogens is 312 g/mol. The van der Waals surface area contributed by atoms with Gasteiger partial charge in [0.2, 0.25) is 0 Å². The van der Waals surface area contributed by atoms with Crippen LogP contribution in [0.4, 0.5) is 0 Å². The summed E-state index contributed by atoms with van der Waals surface area (Å²) in [4.78, 5) is 2.63. The summed E-state index contributed by atoms with van der Waals surface area (Å²) in [5.74, 6) is 0.746. The molecule has 0 amide bonds. The lowest BCUT2D eigenvalue weighted by Crippen LogP contribution is -2.37. The zero-order valence-corrected chi connectivity index (χ0v) is 14.5. The molecule has 0 aliphatic heterocycles. The summed E-state index contributed by atoms with van der Waals surface area (Å²) in [6.07, 6.45) is 3.91. The normalized spacial score (nSPS) is 16.9. The second-order valence-corrected chi connectivity index (χ2v) is 7.28. The molecule has 0 aromatic heterocycles. The maximum Gasteiger partial charge on any atom is 0.0484 e. The highest BCUT2D eigenvalue weighted by molar-refractivity contribution is 9.10. The molecule has 1 unspecified atom stereocenters. The number of aryl methyl sites for hydroxylation is 1. The number of hydrogen-bond donors (Lipinski definition) is 1. The third-order valence-electron chi connectivity index (χ3n) is 4.12. The quantitative estimate of drug-likeness (QED) is 0.804. The summed E-state index contributed by atoms with van der Waals surface area (Å²) >= 11 is 3.72. The molecular formula is C17H27BrN2. The van der Waals surface area contributed by atoms with E-state index in [1.54, 1.807) is 0 Å². The Bertz CT molecular complexity index is 441. The van der Waals surface area contributed by atoms with Crippen LogP contribution >= 0.6 is 15.9 Å². The zero-order valence-electron chi connectivity index (χ0n) is 12.9. The Morgan fingerprint density at radius 3 is 2.55 bits per heavy atom. The van der Waals surface area contributed by atoms with Crippen LogP contribution in [0.1, 0.15) is 50.3 Å². The summed E-state index contributed by atoms with van der Waals surface area (Å²) in [5.41, 5.74) is 8.75. The molecule has 0 radical (unpaired) electrons. The van der Waals surface area contributed by atoms with E-state index in [9.17, 15) is 0 Å². The van der Waals surface area contributed by atoms with E-state index < -0.39 is 0 Å². The molecule has 1 atom stereocenters. The van der Waals surface area contributed by atoms with Crippen LogP contribution in [-0.4, -0.2) is 24.0 Å². The van der Waals surface area contributed by atoms with Gasteiger partial charge in [-0.05, 0) is 55.8 Å². The molecule has 0 saturated heterocycles. The molecule has 3 heteroatoms. The standard InChI is InChI=1S/C17H27BrN2/c1-12(2)8-9-20(14-5-6-14)17(11-19)15-7-4-13(3)10-16(15)18/h4,7,10,12,14,17H,5-6,8-9,11,19H2,1-3H3. The third-order valence-corrected chi connectivity index (χ3v) is 4.81. The first kappa shape index (κ1) is 16.0. The van der Waals surface area contributed by atoms with Gasteiger partial charge in [-0.1, -0.05) is 41.9 Å². The lowest BCUT2D eigenvalue weighted by molar-refractivity contribution is 0.180. The summed E-state index contributed by atoms with van der Waals surface area (Å²) < 4.78 is 1.20. The zero-order chi connectivity index (χ0) is 14.7. The molecule has 1 aromatic rings. The molecule has 2 nitrogen and oxygen atoms in total. The Hall–Kier alpha value is -0.380. The third kappa shape index (κ3) is 4.06. The van der Waals surface area contributed by atoms with Gasteiger partial charge in [0.1, 0.15) is 0 Å². The first-order chi connectivity index (χ1) is 9.52. The average Bonchev–Trinajstić information content (AvgIpc) is 3.19. The average molecular weight is 339 g/mol.